The van der Waals surface area contributed by atoms with Gasteiger partial charge in [0.05, 0.1) is 15.2 Å². The summed E-state index contributed by atoms with van der Waals surface area (Å²) in [5.41, 5.74) is 0.711. The smallest absolute Gasteiger partial charge is 0.0748 e. The van der Waals surface area contributed by atoms with E-state index in [2.05, 4.69) is 90.7 Å². The van der Waals surface area contributed by atoms with Crippen molar-refractivity contribution in [3.8, 4) is 0 Å². The fraction of sp³-hybridized carbons (Fsp3) is 0.333. The standard InChI is InChI=1S/C15H21BrSi2/c1-17(2,14-7-5-6-8-14)18(3,4)15-11-9-13(16)10-12-15/h5-12,14H,1-4H3. The monoisotopic (exact) mass is 336 g/mol. The van der Waals surface area contributed by atoms with Crippen LogP contribution in [0.3, 0.4) is 0 Å². The zero-order valence-corrected chi connectivity index (χ0v) is 15.2. The third-order valence-corrected chi connectivity index (χ3v) is 23.9. The van der Waals surface area contributed by atoms with Gasteiger partial charge in [0.1, 0.15) is 0 Å². The first-order valence-electron chi connectivity index (χ1n) is 6.47. The van der Waals surface area contributed by atoms with Crippen LogP contribution in [0.25, 0.3) is 0 Å². The lowest BCUT2D eigenvalue weighted by Crippen LogP contribution is -2.64. The van der Waals surface area contributed by atoms with Crippen LogP contribution in [0.4, 0.5) is 0 Å². The lowest BCUT2D eigenvalue weighted by Gasteiger charge is -2.42. The molecular weight excluding hydrogens is 316 g/mol. The second-order valence-electron chi connectivity index (χ2n) is 6.15. The van der Waals surface area contributed by atoms with E-state index in [1.54, 1.807) is 5.19 Å². The van der Waals surface area contributed by atoms with Gasteiger partial charge in [0.2, 0.25) is 0 Å². The molecule has 0 bridgehead atoms. The van der Waals surface area contributed by atoms with Crippen LogP contribution in [-0.2, 0) is 0 Å². The number of halogens is 1. The summed E-state index contributed by atoms with van der Waals surface area (Å²) in [5, 5.41) is 1.59. The second-order valence-corrected chi connectivity index (χ2v) is 22.6. The van der Waals surface area contributed by atoms with Crippen LogP contribution in [0.5, 0.6) is 0 Å². The summed E-state index contributed by atoms with van der Waals surface area (Å²) >= 11 is 3.53. The topological polar surface area (TPSA) is 0 Å². The molecular formula is C15H21BrSi2. The van der Waals surface area contributed by atoms with Crippen LogP contribution >= 0.6 is 15.9 Å². The molecule has 1 aromatic carbocycles. The molecule has 0 aromatic heterocycles. The molecule has 3 heteroatoms. The Morgan fingerprint density at radius 3 is 1.89 bits per heavy atom. The van der Waals surface area contributed by atoms with Crippen molar-refractivity contribution < 1.29 is 0 Å². The minimum absolute atomic E-state index is 0.711. The Balaban J connectivity index is 2.37. The molecule has 0 spiro atoms. The molecule has 0 fully saturated rings. The van der Waals surface area contributed by atoms with E-state index in [4.69, 9.17) is 0 Å². The van der Waals surface area contributed by atoms with Gasteiger partial charge in [-0.05, 0) is 17.7 Å². The van der Waals surface area contributed by atoms with Gasteiger partial charge in [-0.15, -0.1) is 0 Å². The van der Waals surface area contributed by atoms with E-state index in [0.717, 1.165) is 0 Å². The highest BCUT2D eigenvalue weighted by atomic mass is 79.9. The van der Waals surface area contributed by atoms with Gasteiger partial charge in [-0.1, -0.05) is 83.7 Å². The highest BCUT2D eigenvalue weighted by Gasteiger charge is 2.46. The molecule has 1 aliphatic rings. The predicted molar refractivity (Wildman–Crippen MR) is 90.8 cm³/mol. The fourth-order valence-corrected chi connectivity index (χ4v) is 12.4. The minimum Gasteiger partial charge on any atom is -0.0806 e. The first-order valence-corrected chi connectivity index (χ1v) is 14.3. The Kier molecular flexibility index (Phi) is 3.86. The largest absolute Gasteiger partial charge is 0.0806 e. The van der Waals surface area contributed by atoms with Gasteiger partial charge in [-0.3, -0.25) is 0 Å². The van der Waals surface area contributed by atoms with Gasteiger partial charge in [0.25, 0.3) is 0 Å². The SMILES string of the molecule is C[Si](C)(c1ccc(Br)cc1)[Si](C)(C)C1C=CC=C1. The van der Waals surface area contributed by atoms with E-state index in [-0.39, 0.29) is 0 Å². The molecule has 1 aromatic rings. The zero-order chi connectivity index (χ0) is 13.4. The first kappa shape index (κ1) is 14.0. The van der Waals surface area contributed by atoms with Crippen LogP contribution in [-0.4, -0.2) is 15.2 Å². The van der Waals surface area contributed by atoms with Crippen molar-refractivity contribution in [1.29, 1.82) is 0 Å². The van der Waals surface area contributed by atoms with Crippen molar-refractivity contribution in [1.82, 2.24) is 0 Å². The van der Waals surface area contributed by atoms with Crippen molar-refractivity contribution in [2.75, 3.05) is 0 Å². The molecule has 0 nitrogen and oxygen atoms in total. The average Bonchev–Trinajstić information content (AvgIpc) is 2.83. The predicted octanol–water partition coefficient (Wildman–Crippen LogP) is 4.65. The molecule has 0 radical (unpaired) electrons. The average molecular weight is 337 g/mol. The first-order chi connectivity index (χ1) is 8.35. The van der Waals surface area contributed by atoms with E-state index in [1.165, 1.54) is 4.47 Å². The second kappa shape index (κ2) is 4.95. The van der Waals surface area contributed by atoms with Gasteiger partial charge in [-0.25, -0.2) is 0 Å². The van der Waals surface area contributed by atoms with E-state index in [9.17, 15) is 0 Å². The van der Waals surface area contributed by atoms with Gasteiger partial charge in [-0.2, -0.15) is 0 Å². The maximum atomic E-state index is 3.53. The van der Waals surface area contributed by atoms with Crippen molar-refractivity contribution in [3.63, 3.8) is 0 Å². The molecule has 2 rings (SSSR count). The summed E-state index contributed by atoms with van der Waals surface area (Å²) in [6.45, 7) is 10.2. The molecule has 1 aliphatic carbocycles. The van der Waals surface area contributed by atoms with Gasteiger partial charge < -0.3 is 0 Å². The Morgan fingerprint density at radius 1 is 0.889 bits per heavy atom. The third kappa shape index (κ3) is 2.36. The van der Waals surface area contributed by atoms with Crippen LogP contribution in [0.15, 0.2) is 53.0 Å². The maximum Gasteiger partial charge on any atom is 0.0748 e. The highest BCUT2D eigenvalue weighted by molar-refractivity contribution is 9.10. The van der Waals surface area contributed by atoms with Crippen LogP contribution in [0.2, 0.25) is 31.7 Å². The molecule has 96 valence electrons. The zero-order valence-electron chi connectivity index (χ0n) is 11.6. The maximum absolute atomic E-state index is 3.53. The van der Waals surface area contributed by atoms with Gasteiger partial charge >= 0.3 is 0 Å². The summed E-state index contributed by atoms with van der Waals surface area (Å²) in [7, 11) is -2.69. The molecule has 0 aliphatic heterocycles. The molecule has 0 saturated carbocycles. The Bertz CT molecular complexity index is 472. The number of benzene rings is 1. The van der Waals surface area contributed by atoms with Crippen molar-refractivity contribution in [2.24, 2.45) is 0 Å². The van der Waals surface area contributed by atoms with Crippen molar-refractivity contribution >= 4 is 36.3 Å². The Hall–Kier alpha value is -0.386. The Morgan fingerprint density at radius 2 is 1.39 bits per heavy atom. The number of hydrogen-bond acceptors (Lipinski definition) is 0. The molecule has 0 atom stereocenters. The summed E-state index contributed by atoms with van der Waals surface area (Å²) in [5.74, 6) is 0. The van der Waals surface area contributed by atoms with Crippen molar-refractivity contribution in [3.05, 3.63) is 53.0 Å². The van der Waals surface area contributed by atoms with Gasteiger partial charge in [0.15, 0.2) is 0 Å². The van der Waals surface area contributed by atoms with E-state index < -0.39 is 15.2 Å². The van der Waals surface area contributed by atoms with E-state index in [1.807, 2.05) is 0 Å². The minimum atomic E-state index is -1.38. The highest BCUT2D eigenvalue weighted by Crippen LogP contribution is 2.35. The van der Waals surface area contributed by atoms with Crippen LogP contribution < -0.4 is 5.19 Å². The number of allylic oxidation sites excluding steroid dienone is 4. The van der Waals surface area contributed by atoms with E-state index >= 15 is 0 Å². The number of rotatable bonds is 3. The Labute approximate surface area is 121 Å². The van der Waals surface area contributed by atoms with E-state index in [0.29, 0.717) is 5.54 Å². The lowest BCUT2D eigenvalue weighted by molar-refractivity contribution is 1.32. The van der Waals surface area contributed by atoms with Gasteiger partial charge in [0, 0.05) is 4.47 Å². The van der Waals surface area contributed by atoms with Crippen LogP contribution in [0.1, 0.15) is 0 Å². The summed E-state index contributed by atoms with van der Waals surface area (Å²) in [4.78, 5) is 0. The third-order valence-electron chi connectivity index (χ3n) is 4.76. The molecule has 18 heavy (non-hydrogen) atoms. The summed E-state index contributed by atoms with van der Waals surface area (Å²) in [6.07, 6.45) is 9.23. The molecule has 0 unspecified atom stereocenters. The molecule has 0 N–H and O–H groups in total. The fourth-order valence-electron chi connectivity index (χ4n) is 2.57. The summed E-state index contributed by atoms with van der Waals surface area (Å²) < 4.78 is 1.18. The molecule has 0 amide bonds. The molecule has 0 heterocycles. The summed E-state index contributed by atoms with van der Waals surface area (Å²) in [6, 6.07) is 9.03. The number of hydrogen-bond donors (Lipinski definition) is 0. The van der Waals surface area contributed by atoms with Crippen LogP contribution in [0, 0.1) is 0 Å². The lowest BCUT2D eigenvalue weighted by atomic mass is 10.4. The normalized spacial score (nSPS) is 16.5. The molecule has 0 saturated heterocycles. The van der Waals surface area contributed by atoms with Crippen molar-refractivity contribution in [2.45, 2.75) is 31.7 Å². The quantitative estimate of drug-likeness (QED) is 0.705.